The van der Waals surface area contributed by atoms with E-state index in [4.69, 9.17) is 9.47 Å². The van der Waals surface area contributed by atoms with Crippen LogP contribution < -0.4 is 4.74 Å². The van der Waals surface area contributed by atoms with E-state index >= 15 is 0 Å². The molecule has 0 fully saturated rings. The number of aryl methyl sites for hydroxylation is 1. The Bertz CT molecular complexity index is 520. The lowest BCUT2D eigenvalue weighted by molar-refractivity contribution is -0.159. The van der Waals surface area contributed by atoms with E-state index in [2.05, 4.69) is 4.74 Å². The third-order valence-electron chi connectivity index (χ3n) is 2.68. The summed E-state index contributed by atoms with van der Waals surface area (Å²) in [6.07, 6.45) is -0.433. The zero-order valence-corrected chi connectivity index (χ0v) is 13.0. The van der Waals surface area contributed by atoms with Gasteiger partial charge in [-0.15, -0.1) is 0 Å². The summed E-state index contributed by atoms with van der Waals surface area (Å²) in [5.74, 6) is -1.85. The molecule has 22 heavy (non-hydrogen) atoms. The third kappa shape index (κ3) is 6.39. The quantitative estimate of drug-likeness (QED) is 0.538. The standard InChI is InChI=1S/C16H20O6/c1-4-20-16(19)14(17)10-21-15(18)9-12(3)22-13-7-5-11(2)6-8-13/h5-8,12H,4,9-10H2,1-3H3. The summed E-state index contributed by atoms with van der Waals surface area (Å²) >= 11 is 0. The molecule has 0 radical (unpaired) electrons. The number of Topliss-reactive ketones (excluding diaryl/α,β-unsaturated/α-hetero) is 1. The number of carbonyl (C=O) groups excluding carboxylic acids is 3. The molecule has 0 saturated carbocycles. The van der Waals surface area contributed by atoms with Crippen molar-refractivity contribution in [2.24, 2.45) is 0 Å². The molecule has 1 aromatic carbocycles. The molecular formula is C16H20O6. The molecule has 1 unspecified atom stereocenters. The molecular weight excluding hydrogens is 288 g/mol. The average Bonchev–Trinajstić information content (AvgIpc) is 2.47. The zero-order valence-electron chi connectivity index (χ0n) is 13.0. The monoisotopic (exact) mass is 308 g/mol. The Labute approximate surface area is 129 Å². The number of esters is 2. The van der Waals surface area contributed by atoms with Crippen LogP contribution in [0.15, 0.2) is 24.3 Å². The lowest BCUT2D eigenvalue weighted by Crippen LogP contribution is -2.26. The summed E-state index contributed by atoms with van der Waals surface area (Å²) in [4.78, 5) is 33.9. The number of benzene rings is 1. The second kappa shape index (κ2) is 8.81. The maximum atomic E-state index is 11.6. The Kier molecular flexibility index (Phi) is 7.08. The van der Waals surface area contributed by atoms with Gasteiger partial charge in [-0.3, -0.25) is 9.59 Å². The van der Waals surface area contributed by atoms with Gasteiger partial charge in [-0.25, -0.2) is 4.79 Å². The summed E-state index contributed by atoms with van der Waals surface area (Å²) in [6.45, 7) is 4.75. The Morgan fingerprint density at radius 2 is 1.73 bits per heavy atom. The molecule has 0 amide bonds. The molecule has 0 saturated heterocycles. The molecule has 1 atom stereocenters. The van der Waals surface area contributed by atoms with Gasteiger partial charge in [-0.05, 0) is 32.9 Å². The van der Waals surface area contributed by atoms with Crippen LogP contribution in [-0.4, -0.2) is 37.0 Å². The van der Waals surface area contributed by atoms with Gasteiger partial charge in [0.15, 0.2) is 6.61 Å². The topological polar surface area (TPSA) is 78.9 Å². The zero-order chi connectivity index (χ0) is 16.5. The minimum absolute atomic E-state index is 0.0238. The molecule has 6 heteroatoms. The second-order valence-electron chi connectivity index (χ2n) is 4.75. The van der Waals surface area contributed by atoms with Gasteiger partial charge in [0.2, 0.25) is 0 Å². The molecule has 0 spiro atoms. The Balaban J connectivity index is 2.33. The summed E-state index contributed by atoms with van der Waals surface area (Å²) in [6, 6.07) is 7.42. The van der Waals surface area contributed by atoms with E-state index in [0.717, 1.165) is 5.56 Å². The smallest absolute Gasteiger partial charge is 0.378 e. The molecule has 0 N–H and O–H groups in total. The lowest BCUT2D eigenvalue weighted by Gasteiger charge is -2.14. The first kappa shape index (κ1) is 17.7. The first-order valence-electron chi connectivity index (χ1n) is 7.01. The fourth-order valence-corrected chi connectivity index (χ4v) is 1.60. The molecule has 0 heterocycles. The van der Waals surface area contributed by atoms with Crippen molar-refractivity contribution in [3.05, 3.63) is 29.8 Å². The normalized spacial score (nSPS) is 11.4. The van der Waals surface area contributed by atoms with E-state index in [0.29, 0.717) is 5.75 Å². The molecule has 0 aliphatic rings. The SMILES string of the molecule is CCOC(=O)C(=O)COC(=O)CC(C)Oc1ccc(C)cc1. The Morgan fingerprint density at radius 3 is 2.32 bits per heavy atom. The third-order valence-corrected chi connectivity index (χ3v) is 2.68. The van der Waals surface area contributed by atoms with Gasteiger partial charge in [0.1, 0.15) is 11.9 Å². The summed E-state index contributed by atoms with van der Waals surface area (Å²) in [5.41, 5.74) is 1.11. The predicted octanol–water partition coefficient (Wildman–Crippen LogP) is 1.83. The maximum absolute atomic E-state index is 11.6. The minimum atomic E-state index is -1.00. The van der Waals surface area contributed by atoms with Crippen molar-refractivity contribution in [1.29, 1.82) is 0 Å². The highest BCUT2D eigenvalue weighted by Crippen LogP contribution is 2.14. The van der Waals surface area contributed by atoms with E-state index in [1.807, 2.05) is 19.1 Å². The van der Waals surface area contributed by atoms with Gasteiger partial charge in [-0.2, -0.15) is 0 Å². The van der Waals surface area contributed by atoms with Crippen LogP contribution in [0, 0.1) is 6.92 Å². The number of ketones is 1. The van der Waals surface area contributed by atoms with E-state index in [9.17, 15) is 14.4 Å². The number of carbonyl (C=O) groups is 3. The fraction of sp³-hybridized carbons (Fsp3) is 0.438. The largest absolute Gasteiger partial charge is 0.490 e. The van der Waals surface area contributed by atoms with Gasteiger partial charge < -0.3 is 14.2 Å². The van der Waals surface area contributed by atoms with Gasteiger partial charge in [0.25, 0.3) is 5.78 Å². The molecule has 6 nitrogen and oxygen atoms in total. The van der Waals surface area contributed by atoms with Crippen LogP contribution in [-0.2, 0) is 23.9 Å². The second-order valence-corrected chi connectivity index (χ2v) is 4.75. The molecule has 0 bridgehead atoms. The van der Waals surface area contributed by atoms with Crippen LogP contribution in [0.4, 0.5) is 0 Å². The first-order chi connectivity index (χ1) is 10.4. The highest BCUT2D eigenvalue weighted by atomic mass is 16.6. The minimum Gasteiger partial charge on any atom is -0.490 e. The van der Waals surface area contributed by atoms with E-state index in [1.54, 1.807) is 26.0 Å². The number of ether oxygens (including phenoxy) is 3. The van der Waals surface area contributed by atoms with Crippen LogP contribution in [0.2, 0.25) is 0 Å². The van der Waals surface area contributed by atoms with Crippen LogP contribution >= 0.6 is 0 Å². The fourth-order valence-electron chi connectivity index (χ4n) is 1.60. The number of hydrogen-bond donors (Lipinski definition) is 0. The van der Waals surface area contributed by atoms with Crippen molar-refractivity contribution >= 4 is 17.7 Å². The number of rotatable bonds is 8. The van der Waals surface area contributed by atoms with Gasteiger partial charge >= 0.3 is 11.9 Å². The van der Waals surface area contributed by atoms with Crippen LogP contribution in [0.5, 0.6) is 5.75 Å². The maximum Gasteiger partial charge on any atom is 0.378 e. The van der Waals surface area contributed by atoms with Crippen molar-refractivity contribution in [3.63, 3.8) is 0 Å². The van der Waals surface area contributed by atoms with Gasteiger partial charge in [0, 0.05) is 0 Å². The van der Waals surface area contributed by atoms with Gasteiger partial charge in [0.05, 0.1) is 13.0 Å². The van der Waals surface area contributed by atoms with E-state index < -0.39 is 30.4 Å². The summed E-state index contributed by atoms with van der Waals surface area (Å²) in [7, 11) is 0. The lowest BCUT2D eigenvalue weighted by atomic mass is 10.2. The summed E-state index contributed by atoms with van der Waals surface area (Å²) < 4.78 is 14.8. The molecule has 1 rings (SSSR count). The van der Waals surface area contributed by atoms with Crippen molar-refractivity contribution < 1.29 is 28.6 Å². The highest BCUT2D eigenvalue weighted by Gasteiger charge is 2.18. The van der Waals surface area contributed by atoms with Crippen molar-refractivity contribution in [2.45, 2.75) is 33.3 Å². The molecule has 0 aliphatic carbocycles. The van der Waals surface area contributed by atoms with E-state index in [1.165, 1.54) is 0 Å². The van der Waals surface area contributed by atoms with Crippen molar-refractivity contribution in [3.8, 4) is 5.75 Å². The van der Waals surface area contributed by atoms with Gasteiger partial charge in [-0.1, -0.05) is 17.7 Å². The van der Waals surface area contributed by atoms with Crippen molar-refractivity contribution in [2.75, 3.05) is 13.2 Å². The predicted molar refractivity (Wildman–Crippen MR) is 78.5 cm³/mol. The van der Waals surface area contributed by atoms with E-state index in [-0.39, 0.29) is 13.0 Å². The molecule has 0 aliphatic heterocycles. The summed E-state index contributed by atoms with van der Waals surface area (Å²) in [5, 5.41) is 0. The first-order valence-corrected chi connectivity index (χ1v) is 7.01. The van der Waals surface area contributed by atoms with Crippen LogP contribution in [0.3, 0.4) is 0 Å². The number of hydrogen-bond acceptors (Lipinski definition) is 6. The highest BCUT2D eigenvalue weighted by molar-refractivity contribution is 6.34. The Hall–Kier alpha value is -2.37. The average molecular weight is 308 g/mol. The van der Waals surface area contributed by atoms with Crippen molar-refractivity contribution in [1.82, 2.24) is 0 Å². The molecule has 120 valence electrons. The van der Waals surface area contributed by atoms with Crippen LogP contribution in [0.1, 0.15) is 25.8 Å². The Morgan fingerprint density at radius 1 is 1.09 bits per heavy atom. The molecule has 1 aromatic rings. The molecule has 0 aromatic heterocycles. The van der Waals surface area contributed by atoms with Crippen LogP contribution in [0.25, 0.3) is 0 Å².